The maximum atomic E-state index is 12.7. The van der Waals surface area contributed by atoms with Crippen LogP contribution < -0.4 is 5.43 Å². The molecule has 1 aliphatic heterocycles. The predicted molar refractivity (Wildman–Crippen MR) is 85.6 cm³/mol. The molecule has 5 nitrogen and oxygen atoms in total. The van der Waals surface area contributed by atoms with Crippen molar-refractivity contribution >= 4 is 16.8 Å². The van der Waals surface area contributed by atoms with E-state index in [0.717, 1.165) is 12.8 Å². The zero-order chi connectivity index (χ0) is 15.7. The van der Waals surface area contributed by atoms with Crippen LogP contribution in [0.25, 0.3) is 10.9 Å². The standard InChI is InChI=1S/C17H21N3O2/c1-12-6-5-7-13(2)20(12)17(22)11-19-15-9-4-3-8-14(15)16(21)10-18-19/h3-4,8-10,12-13H,5-7,11H2,1-2H3. The summed E-state index contributed by atoms with van der Waals surface area (Å²) in [5.41, 5.74) is 0.597. The molecule has 0 saturated carbocycles. The molecule has 0 aliphatic carbocycles. The smallest absolute Gasteiger partial charge is 0.244 e. The predicted octanol–water partition coefficient (Wildman–Crippen LogP) is 2.19. The van der Waals surface area contributed by atoms with Gasteiger partial charge in [0.2, 0.25) is 11.3 Å². The Morgan fingerprint density at radius 3 is 2.64 bits per heavy atom. The van der Waals surface area contributed by atoms with Gasteiger partial charge in [0, 0.05) is 17.5 Å². The van der Waals surface area contributed by atoms with E-state index in [-0.39, 0.29) is 30.0 Å². The highest BCUT2D eigenvalue weighted by Crippen LogP contribution is 2.23. The number of likely N-dealkylation sites (tertiary alicyclic amines) is 1. The molecule has 1 aromatic heterocycles. The monoisotopic (exact) mass is 299 g/mol. The number of para-hydroxylation sites is 1. The first kappa shape index (κ1) is 14.8. The summed E-state index contributed by atoms with van der Waals surface area (Å²) < 4.78 is 1.63. The summed E-state index contributed by atoms with van der Waals surface area (Å²) >= 11 is 0. The minimum absolute atomic E-state index is 0.0704. The van der Waals surface area contributed by atoms with Crippen molar-refractivity contribution in [3.8, 4) is 0 Å². The van der Waals surface area contributed by atoms with E-state index >= 15 is 0 Å². The Balaban J connectivity index is 1.91. The number of aromatic nitrogens is 2. The fourth-order valence-electron chi connectivity index (χ4n) is 3.41. The lowest BCUT2D eigenvalue weighted by Gasteiger charge is -2.39. The molecule has 2 unspecified atom stereocenters. The Morgan fingerprint density at radius 2 is 1.91 bits per heavy atom. The van der Waals surface area contributed by atoms with Crippen molar-refractivity contribution in [3.05, 3.63) is 40.7 Å². The van der Waals surface area contributed by atoms with Crippen molar-refractivity contribution in [2.75, 3.05) is 0 Å². The van der Waals surface area contributed by atoms with E-state index in [2.05, 4.69) is 18.9 Å². The van der Waals surface area contributed by atoms with Gasteiger partial charge in [-0.2, -0.15) is 5.10 Å². The first-order chi connectivity index (χ1) is 10.6. The number of fused-ring (bicyclic) bond motifs is 1. The second-order valence-electron chi connectivity index (χ2n) is 6.11. The highest BCUT2D eigenvalue weighted by molar-refractivity contribution is 5.81. The Kier molecular flexibility index (Phi) is 3.96. The van der Waals surface area contributed by atoms with Gasteiger partial charge in [-0.15, -0.1) is 0 Å². The first-order valence-electron chi connectivity index (χ1n) is 7.84. The van der Waals surface area contributed by atoms with Gasteiger partial charge >= 0.3 is 0 Å². The SMILES string of the molecule is CC1CCCC(C)N1C(=O)Cn1ncc(=O)c2ccccc21. The van der Waals surface area contributed by atoms with Crippen LogP contribution in [0.15, 0.2) is 35.3 Å². The van der Waals surface area contributed by atoms with Crippen LogP contribution in [0.4, 0.5) is 0 Å². The zero-order valence-electron chi connectivity index (χ0n) is 13.0. The van der Waals surface area contributed by atoms with Gasteiger partial charge in [0.1, 0.15) is 6.54 Å². The van der Waals surface area contributed by atoms with Gasteiger partial charge in [-0.1, -0.05) is 12.1 Å². The number of amides is 1. The van der Waals surface area contributed by atoms with Crippen LogP contribution in [0, 0.1) is 0 Å². The van der Waals surface area contributed by atoms with E-state index in [1.54, 1.807) is 10.7 Å². The lowest BCUT2D eigenvalue weighted by molar-refractivity contribution is -0.138. The second-order valence-corrected chi connectivity index (χ2v) is 6.11. The van der Waals surface area contributed by atoms with Crippen LogP contribution in [0.2, 0.25) is 0 Å². The summed E-state index contributed by atoms with van der Waals surface area (Å²) in [4.78, 5) is 26.5. The lowest BCUT2D eigenvalue weighted by Crippen LogP contribution is -2.48. The van der Waals surface area contributed by atoms with Crippen LogP contribution in [0.3, 0.4) is 0 Å². The van der Waals surface area contributed by atoms with Gasteiger partial charge in [-0.25, -0.2) is 0 Å². The van der Waals surface area contributed by atoms with Gasteiger partial charge in [-0.3, -0.25) is 14.3 Å². The van der Waals surface area contributed by atoms with Crippen molar-refractivity contribution in [2.45, 2.75) is 51.7 Å². The molecule has 2 aromatic rings. The first-order valence-corrected chi connectivity index (χ1v) is 7.84. The van der Waals surface area contributed by atoms with Crippen LogP contribution in [0.1, 0.15) is 33.1 Å². The number of carbonyl (C=O) groups is 1. The molecule has 0 bridgehead atoms. The van der Waals surface area contributed by atoms with Gasteiger partial charge in [0.15, 0.2) is 0 Å². The van der Waals surface area contributed by atoms with Crippen LogP contribution >= 0.6 is 0 Å². The molecule has 1 saturated heterocycles. The third-order valence-corrected chi connectivity index (χ3v) is 4.53. The molecule has 22 heavy (non-hydrogen) atoms. The molecule has 2 atom stereocenters. The lowest BCUT2D eigenvalue weighted by atomic mass is 9.97. The minimum atomic E-state index is -0.112. The van der Waals surface area contributed by atoms with Crippen molar-refractivity contribution in [1.29, 1.82) is 0 Å². The van der Waals surface area contributed by atoms with E-state index < -0.39 is 0 Å². The zero-order valence-corrected chi connectivity index (χ0v) is 13.0. The van der Waals surface area contributed by atoms with Gasteiger partial charge in [0.05, 0.1) is 11.7 Å². The van der Waals surface area contributed by atoms with Gasteiger partial charge in [0.25, 0.3) is 0 Å². The number of nitrogens with zero attached hydrogens (tertiary/aromatic N) is 3. The largest absolute Gasteiger partial charge is 0.336 e. The molecule has 2 heterocycles. The summed E-state index contributed by atoms with van der Waals surface area (Å²) in [5.74, 6) is 0.0704. The van der Waals surface area contributed by atoms with E-state index in [9.17, 15) is 9.59 Å². The Bertz CT molecular complexity index is 743. The van der Waals surface area contributed by atoms with Crippen molar-refractivity contribution in [1.82, 2.24) is 14.7 Å². The van der Waals surface area contributed by atoms with E-state index in [0.29, 0.717) is 10.9 Å². The molecule has 0 N–H and O–H groups in total. The van der Waals surface area contributed by atoms with E-state index in [1.165, 1.54) is 12.6 Å². The molecule has 116 valence electrons. The van der Waals surface area contributed by atoms with Crippen LogP contribution in [-0.2, 0) is 11.3 Å². The number of hydrogen-bond donors (Lipinski definition) is 0. The molecule has 1 aliphatic rings. The average molecular weight is 299 g/mol. The highest BCUT2D eigenvalue weighted by Gasteiger charge is 2.29. The third-order valence-electron chi connectivity index (χ3n) is 4.53. The summed E-state index contributed by atoms with van der Waals surface area (Å²) in [6, 6.07) is 7.82. The van der Waals surface area contributed by atoms with Crippen LogP contribution in [0.5, 0.6) is 0 Å². The third kappa shape index (κ3) is 2.63. The number of rotatable bonds is 2. The molecule has 0 spiro atoms. The summed E-state index contributed by atoms with van der Waals surface area (Å²) in [6.45, 7) is 4.38. The molecule has 1 fully saturated rings. The minimum Gasteiger partial charge on any atom is -0.336 e. The molecule has 3 rings (SSSR count). The summed E-state index contributed by atoms with van der Waals surface area (Å²) in [5, 5.41) is 4.75. The number of hydrogen-bond acceptors (Lipinski definition) is 3. The quantitative estimate of drug-likeness (QED) is 0.854. The Morgan fingerprint density at radius 1 is 1.23 bits per heavy atom. The molecule has 1 aromatic carbocycles. The van der Waals surface area contributed by atoms with Crippen LogP contribution in [-0.4, -0.2) is 32.7 Å². The van der Waals surface area contributed by atoms with E-state index in [1.807, 2.05) is 23.1 Å². The maximum Gasteiger partial charge on any atom is 0.244 e. The summed E-state index contributed by atoms with van der Waals surface area (Å²) in [7, 11) is 0. The van der Waals surface area contributed by atoms with Crippen molar-refractivity contribution in [3.63, 3.8) is 0 Å². The van der Waals surface area contributed by atoms with E-state index in [4.69, 9.17) is 0 Å². The number of carbonyl (C=O) groups excluding carboxylic acids is 1. The fraction of sp³-hybridized carbons (Fsp3) is 0.471. The molecule has 1 amide bonds. The van der Waals surface area contributed by atoms with Gasteiger partial charge in [-0.05, 0) is 45.2 Å². The van der Waals surface area contributed by atoms with Gasteiger partial charge < -0.3 is 4.90 Å². The second kappa shape index (κ2) is 5.91. The normalized spacial score (nSPS) is 22.0. The Labute approximate surface area is 129 Å². The fourth-order valence-corrected chi connectivity index (χ4v) is 3.41. The number of piperidine rings is 1. The maximum absolute atomic E-state index is 12.7. The Hall–Kier alpha value is -2.17. The highest BCUT2D eigenvalue weighted by atomic mass is 16.2. The molecule has 5 heteroatoms. The summed E-state index contributed by atoms with van der Waals surface area (Å²) in [6.07, 6.45) is 4.56. The number of benzene rings is 1. The van der Waals surface area contributed by atoms with Crippen molar-refractivity contribution < 1.29 is 4.79 Å². The molecule has 0 radical (unpaired) electrons. The molecular weight excluding hydrogens is 278 g/mol. The van der Waals surface area contributed by atoms with Crippen molar-refractivity contribution in [2.24, 2.45) is 0 Å². The molecular formula is C17H21N3O2. The topological polar surface area (TPSA) is 55.2 Å². The average Bonchev–Trinajstić information content (AvgIpc) is 2.50.